The highest BCUT2D eigenvalue weighted by molar-refractivity contribution is 8.27. The van der Waals surface area contributed by atoms with Crippen molar-refractivity contribution >= 4 is 46.0 Å². The second-order valence-electron chi connectivity index (χ2n) is 4.74. The normalized spacial score (nSPS) is 16.3. The molecule has 1 fully saturated rings. The lowest BCUT2D eigenvalue weighted by atomic mass is 10.2. The summed E-state index contributed by atoms with van der Waals surface area (Å²) in [6.07, 6.45) is 1.75. The number of carbonyl (C=O) groups is 1. The topological polar surface area (TPSA) is 29.5 Å². The van der Waals surface area contributed by atoms with Crippen molar-refractivity contribution in [2.24, 2.45) is 0 Å². The Morgan fingerprint density at radius 2 is 1.87 bits per heavy atom. The molecule has 1 heterocycles. The summed E-state index contributed by atoms with van der Waals surface area (Å²) >= 11 is 6.50. The summed E-state index contributed by atoms with van der Waals surface area (Å²) in [4.78, 5) is 14.5. The van der Waals surface area contributed by atoms with Crippen LogP contribution in [0.2, 0.25) is 0 Å². The van der Waals surface area contributed by atoms with Gasteiger partial charge < -0.3 is 4.74 Å². The number of rotatable bonds is 3. The summed E-state index contributed by atoms with van der Waals surface area (Å²) in [7, 11) is 1.58. The van der Waals surface area contributed by atoms with Crippen LogP contribution in [0.1, 0.15) is 5.56 Å². The summed E-state index contributed by atoms with van der Waals surface area (Å²) in [6, 6.07) is 13.1. The summed E-state index contributed by atoms with van der Waals surface area (Å²) in [5.74, 6) is 0.0980. The maximum atomic E-state index is 13.0. The summed E-state index contributed by atoms with van der Waals surface area (Å²) in [6.45, 7) is 0. The fourth-order valence-electron chi connectivity index (χ4n) is 2.21. The highest BCUT2D eigenvalue weighted by atomic mass is 32.2. The van der Waals surface area contributed by atoms with Gasteiger partial charge in [-0.05, 0) is 36.4 Å². The third-order valence-electron chi connectivity index (χ3n) is 3.30. The van der Waals surface area contributed by atoms with Crippen LogP contribution in [0.4, 0.5) is 10.1 Å². The minimum atomic E-state index is -0.358. The number of thioether (sulfide) groups is 1. The number of carbonyl (C=O) groups excluding carboxylic acids is 1. The molecular formula is C17H12FNO2S2. The van der Waals surface area contributed by atoms with Gasteiger partial charge in [0.25, 0.3) is 5.91 Å². The lowest BCUT2D eigenvalue weighted by Gasteiger charge is -2.14. The molecule has 1 amide bonds. The maximum Gasteiger partial charge on any atom is 0.270 e. The average molecular weight is 345 g/mol. The van der Waals surface area contributed by atoms with E-state index >= 15 is 0 Å². The lowest BCUT2D eigenvalue weighted by Crippen LogP contribution is -2.27. The van der Waals surface area contributed by atoms with Crippen molar-refractivity contribution in [1.82, 2.24) is 0 Å². The molecule has 3 nitrogen and oxygen atoms in total. The summed E-state index contributed by atoms with van der Waals surface area (Å²) in [5, 5.41) is 0. The molecule has 0 saturated carbocycles. The van der Waals surface area contributed by atoms with Crippen LogP contribution >= 0.6 is 24.0 Å². The molecule has 0 spiro atoms. The third-order valence-corrected chi connectivity index (χ3v) is 4.61. The Balaban J connectivity index is 1.95. The second-order valence-corrected chi connectivity index (χ2v) is 6.41. The Hall–Kier alpha value is -2.18. The standard InChI is InChI=1S/C17H12FNO2S2/c1-21-14-5-3-2-4-11(14)10-15-16(20)19(17(22)23-15)13-8-6-12(18)7-9-13/h2-10H,1H3/b15-10+. The second kappa shape index (κ2) is 6.52. The number of ether oxygens (including phenoxy) is 1. The van der Waals surface area contributed by atoms with Gasteiger partial charge in [-0.2, -0.15) is 0 Å². The van der Waals surface area contributed by atoms with Gasteiger partial charge >= 0.3 is 0 Å². The first-order valence-corrected chi connectivity index (χ1v) is 7.99. The van der Waals surface area contributed by atoms with Gasteiger partial charge in [-0.25, -0.2) is 4.39 Å². The molecule has 0 aliphatic carbocycles. The molecule has 0 N–H and O–H groups in total. The Labute approximate surface area is 142 Å². The number of methoxy groups -OCH3 is 1. The number of thiocarbonyl (C=S) groups is 1. The van der Waals surface area contributed by atoms with Crippen molar-refractivity contribution in [1.29, 1.82) is 0 Å². The summed E-state index contributed by atoms with van der Waals surface area (Å²) < 4.78 is 18.8. The largest absolute Gasteiger partial charge is 0.496 e. The molecule has 6 heteroatoms. The Bertz CT molecular complexity index is 802. The van der Waals surface area contributed by atoms with E-state index in [0.29, 0.717) is 20.7 Å². The molecule has 0 bridgehead atoms. The molecule has 3 rings (SSSR count). The highest BCUT2D eigenvalue weighted by Crippen LogP contribution is 2.37. The van der Waals surface area contributed by atoms with Crippen molar-refractivity contribution in [2.45, 2.75) is 0 Å². The maximum absolute atomic E-state index is 13.0. The number of para-hydroxylation sites is 1. The molecule has 0 unspecified atom stereocenters. The zero-order valence-corrected chi connectivity index (χ0v) is 13.8. The third kappa shape index (κ3) is 3.13. The first-order valence-electron chi connectivity index (χ1n) is 6.76. The van der Waals surface area contributed by atoms with Crippen LogP contribution < -0.4 is 9.64 Å². The zero-order valence-electron chi connectivity index (χ0n) is 12.2. The molecule has 1 aliphatic rings. The van der Waals surface area contributed by atoms with Crippen LogP contribution in [0.15, 0.2) is 53.4 Å². The predicted octanol–water partition coefficient (Wildman–Crippen LogP) is 4.24. The molecule has 23 heavy (non-hydrogen) atoms. The molecule has 0 aromatic heterocycles. The van der Waals surface area contributed by atoms with E-state index in [4.69, 9.17) is 17.0 Å². The lowest BCUT2D eigenvalue weighted by molar-refractivity contribution is -0.113. The van der Waals surface area contributed by atoms with E-state index in [-0.39, 0.29) is 11.7 Å². The fourth-order valence-corrected chi connectivity index (χ4v) is 3.50. The molecule has 1 aliphatic heterocycles. The number of hydrogen-bond donors (Lipinski definition) is 0. The van der Waals surface area contributed by atoms with E-state index in [2.05, 4.69) is 0 Å². The van der Waals surface area contributed by atoms with Gasteiger partial charge in [-0.15, -0.1) is 0 Å². The average Bonchev–Trinajstić information content (AvgIpc) is 2.83. The monoisotopic (exact) mass is 345 g/mol. The highest BCUT2D eigenvalue weighted by Gasteiger charge is 2.33. The Morgan fingerprint density at radius 3 is 2.57 bits per heavy atom. The van der Waals surface area contributed by atoms with E-state index in [1.54, 1.807) is 13.2 Å². The number of benzene rings is 2. The molecular weight excluding hydrogens is 333 g/mol. The van der Waals surface area contributed by atoms with Crippen LogP contribution in [0.25, 0.3) is 6.08 Å². The van der Waals surface area contributed by atoms with Gasteiger partial charge in [0.05, 0.1) is 17.7 Å². The van der Waals surface area contributed by atoms with Gasteiger partial charge in [0.15, 0.2) is 4.32 Å². The first-order chi connectivity index (χ1) is 11.1. The predicted molar refractivity (Wildman–Crippen MR) is 95.0 cm³/mol. The number of hydrogen-bond acceptors (Lipinski definition) is 4. The SMILES string of the molecule is COc1ccccc1/C=C1/SC(=S)N(c2ccc(F)cc2)C1=O. The Kier molecular flexibility index (Phi) is 4.45. The van der Waals surface area contributed by atoms with E-state index in [1.165, 1.54) is 40.9 Å². The van der Waals surface area contributed by atoms with Gasteiger partial charge in [0.1, 0.15) is 11.6 Å². The molecule has 2 aromatic rings. The van der Waals surface area contributed by atoms with E-state index in [9.17, 15) is 9.18 Å². The fraction of sp³-hybridized carbons (Fsp3) is 0.0588. The van der Waals surface area contributed by atoms with E-state index in [0.717, 1.165) is 5.56 Å². The van der Waals surface area contributed by atoms with Crippen molar-refractivity contribution in [2.75, 3.05) is 12.0 Å². The van der Waals surface area contributed by atoms with Crippen LogP contribution in [0, 0.1) is 5.82 Å². The van der Waals surface area contributed by atoms with Gasteiger partial charge in [0.2, 0.25) is 0 Å². The molecule has 1 saturated heterocycles. The summed E-state index contributed by atoms with van der Waals surface area (Å²) in [5.41, 5.74) is 1.35. The van der Waals surface area contributed by atoms with Gasteiger partial charge in [-0.1, -0.05) is 42.2 Å². The van der Waals surface area contributed by atoms with Crippen molar-refractivity contribution < 1.29 is 13.9 Å². The van der Waals surface area contributed by atoms with Crippen molar-refractivity contribution in [3.8, 4) is 5.75 Å². The minimum Gasteiger partial charge on any atom is -0.496 e. The van der Waals surface area contributed by atoms with Crippen LogP contribution in [-0.2, 0) is 4.79 Å². The van der Waals surface area contributed by atoms with Crippen LogP contribution in [0.5, 0.6) is 5.75 Å². The number of nitrogens with zero attached hydrogens (tertiary/aromatic N) is 1. The molecule has 0 atom stereocenters. The zero-order chi connectivity index (χ0) is 16.4. The molecule has 116 valence electrons. The van der Waals surface area contributed by atoms with Gasteiger partial charge in [-0.3, -0.25) is 9.69 Å². The quantitative estimate of drug-likeness (QED) is 0.615. The first kappa shape index (κ1) is 15.7. The Morgan fingerprint density at radius 1 is 1.17 bits per heavy atom. The van der Waals surface area contributed by atoms with Crippen LogP contribution in [0.3, 0.4) is 0 Å². The smallest absolute Gasteiger partial charge is 0.270 e. The number of amides is 1. The van der Waals surface area contributed by atoms with Crippen LogP contribution in [-0.4, -0.2) is 17.3 Å². The van der Waals surface area contributed by atoms with Crippen molar-refractivity contribution in [3.05, 3.63) is 64.8 Å². The minimum absolute atomic E-state index is 0.225. The van der Waals surface area contributed by atoms with Gasteiger partial charge in [0, 0.05) is 5.56 Å². The number of halogens is 1. The van der Waals surface area contributed by atoms with E-state index < -0.39 is 0 Å². The van der Waals surface area contributed by atoms with E-state index in [1.807, 2.05) is 24.3 Å². The molecule has 2 aromatic carbocycles. The van der Waals surface area contributed by atoms with Crippen molar-refractivity contribution in [3.63, 3.8) is 0 Å². The number of anilines is 1. The molecule has 0 radical (unpaired) electrons.